The van der Waals surface area contributed by atoms with Crippen molar-refractivity contribution in [2.75, 3.05) is 0 Å². The summed E-state index contributed by atoms with van der Waals surface area (Å²) in [6.45, 7) is 10.1. The minimum Gasteiger partial charge on any atom is -0.347 e. The molecule has 0 aliphatic heterocycles. The highest BCUT2D eigenvalue weighted by atomic mass is 16.1. The Kier molecular flexibility index (Phi) is 2.80. The first kappa shape index (κ1) is 12.2. The average Bonchev–Trinajstić information content (AvgIpc) is 2.91. The molecule has 3 heteroatoms. The molecule has 0 spiro atoms. The molecule has 0 unspecified atom stereocenters. The lowest BCUT2D eigenvalue weighted by atomic mass is 10.1. The highest BCUT2D eigenvalue weighted by Gasteiger charge is 2.28. The van der Waals surface area contributed by atoms with Crippen molar-refractivity contribution in [2.24, 2.45) is 0 Å². The molecule has 1 aromatic rings. The summed E-state index contributed by atoms with van der Waals surface area (Å²) < 4.78 is 2.30. The lowest BCUT2D eigenvalue weighted by Crippen LogP contribution is -2.40. The summed E-state index contributed by atoms with van der Waals surface area (Å²) in [6, 6.07) is 2.64. The van der Waals surface area contributed by atoms with Crippen molar-refractivity contribution in [3.63, 3.8) is 0 Å². The fraction of sp³-hybridized carbons (Fsp3) is 0.643. The van der Waals surface area contributed by atoms with Crippen molar-refractivity contribution in [3.05, 3.63) is 23.0 Å². The predicted octanol–water partition coefficient (Wildman–Crippen LogP) is 2.97. The van der Waals surface area contributed by atoms with E-state index in [-0.39, 0.29) is 11.4 Å². The molecule has 94 valence electrons. The number of amides is 1. The Morgan fingerprint density at radius 1 is 1.35 bits per heavy atom. The maximum atomic E-state index is 12.2. The molecule has 1 amide bonds. The van der Waals surface area contributed by atoms with Crippen molar-refractivity contribution in [1.29, 1.82) is 0 Å². The first-order valence-electron chi connectivity index (χ1n) is 6.30. The van der Waals surface area contributed by atoms with Crippen molar-refractivity contribution in [2.45, 2.75) is 59.0 Å². The van der Waals surface area contributed by atoms with Crippen LogP contribution in [0.5, 0.6) is 0 Å². The van der Waals surface area contributed by atoms with Crippen molar-refractivity contribution in [1.82, 2.24) is 9.88 Å². The van der Waals surface area contributed by atoms with Crippen LogP contribution in [0.3, 0.4) is 0 Å². The van der Waals surface area contributed by atoms with Crippen molar-refractivity contribution < 1.29 is 4.79 Å². The van der Waals surface area contributed by atoms with Crippen LogP contribution in [0.2, 0.25) is 0 Å². The van der Waals surface area contributed by atoms with Gasteiger partial charge in [0.15, 0.2) is 0 Å². The molecule has 0 aromatic carbocycles. The molecule has 1 aliphatic carbocycles. The average molecular weight is 234 g/mol. The molecule has 1 fully saturated rings. The number of carbonyl (C=O) groups excluding carboxylic acids is 1. The minimum atomic E-state index is -0.181. The van der Waals surface area contributed by atoms with Gasteiger partial charge in [-0.2, -0.15) is 0 Å². The Hall–Kier alpha value is -1.25. The molecule has 1 aliphatic rings. The third kappa shape index (κ3) is 2.54. The van der Waals surface area contributed by atoms with Crippen LogP contribution < -0.4 is 5.32 Å². The van der Waals surface area contributed by atoms with E-state index in [1.165, 1.54) is 18.5 Å². The van der Waals surface area contributed by atoms with Crippen LogP contribution >= 0.6 is 0 Å². The quantitative estimate of drug-likeness (QED) is 0.838. The van der Waals surface area contributed by atoms with E-state index in [1.54, 1.807) is 0 Å². The molecule has 0 bridgehead atoms. The third-order valence-electron chi connectivity index (χ3n) is 3.13. The molecular weight excluding hydrogens is 212 g/mol. The van der Waals surface area contributed by atoms with E-state index in [2.05, 4.69) is 16.8 Å². The first-order chi connectivity index (χ1) is 7.79. The Labute approximate surface area is 103 Å². The maximum absolute atomic E-state index is 12.2. The van der Waals surface area contributed by atoms with Gasteiger partial charge in [-0.1, -0.05) is 0 Å². The van der Waals surface area contributed by atoms with E-state index in [4.69, 9.17) is 0 Å². The van der Waals surface area contributed by atoms with Crippen LogP contribution in [0.15, 0.2) is 6.07 Å². The number of hydrogen-bond donors (Lipinski definition) is 1. The van der Waals surface area contributed by atoms with E-state index < -0.39 is 0 Å². The van der Waals surface area contributed by atoms with Crippen LogP contribution in [0.4, 0.5) is 0 Å². The smallest absolute Gasteiger partial charge is 0.253 e. The molecule has 2 rings (SSSR count). The molecule has 3 nitrogen and oxygen atoms in total. The van der Waals surface area contributed by atoms with Gasteiger partial charge in [-0.3, -0.25) is 4.79 Å². The Morgan fingerprint density at radius 3 is 2.41 bits per heavy atom. The van der Waals surface area contributed by atoms with Gasteiger partial charge >= 0.3 is 0 Å². The van der Waals surface area contributed by atoms with Gasteiger partial charge in [0.05, 0.1) is 5.56 Å². The van der Waals surface area contributed by atoms with Gasteiger partial charge < -0.3 is 9.88 Å². The van der Waals surface area contributed by atoms with Gasteiger partial charge in [0, 0.05) is 23.0 Å². The van der Waals surface area contributed by atoms with Crippen LogP contribution in [0.1, 0.15) is 61.4 Å². The second kappa shape index (κ2) is 3.90. The van der Waals surface area contributed by atoms with Gasteiger partial charge in [0.1, 0.15) is 0 Å². The molecule has 0 radical (unpaired) electrons. The van der Waals surface area contributed by atoms with Gasteiger partial charge in [-0.25, -0.2) is 0 Å². The Morgan fingerprint density at radius 2 is 1.94 bits per heavy atom. The Balaban J connectivity index is 2.27. The molecule has 1 aromatic heterocycles. The summed E-state index contributed by atoms with van der Waals surface area (Å²) >= 11 is 0. The molecule has 0 saturated heterocycles. The lowest BCUT2D eigenvalue weighted by Gasteiger charge is -2.20. The van der Waals surface area contributed by atoms with E-state index in [1.807, 2.05) is 33.8 Å². The van der Waals surface area contributed by atoms with Crippen LogP contribution in [-0.2, 0) is 0 Å². The van der Waals surface area contributed by atoms with Gasteiger partial charge in [0.2, 0.25) is 0 Å². The number of aryl methyl sites for hydroxylation is 1. The predicted molar refractivity (Wildman–Crippen MR) is 69.4 cm³/mol. The van der Waals surface area contributed by atoms with Crippen LogP contribution in [0, 0.1) is 13.8 Å². The monoisotopic (exact) mass is 234 g/mol. The fourth-order valence-electron chi connectivity index (χ4n) is 2.31. The summed E-state index contributed by atoms with van der Waals surface area (Å²) in [5.41, 5.74) is 2.94. The standard InChI is InChI=1S/C14H22N2O/c1-9-8-12(13(17)15-14(3,4)5)10(2)16(9)11-6-7-11/h8,11H,6-7H2,1-5H3,(H,15,17). The van der Waals surface area contributed by atoms with Crippen LogP contribution in [0.25, 0.3) is 0 Å². The highest BCUT2D eigenvalue weighted by molar-refractivity contribution is 5.96. The topological polar surface area (TPSA) is 34.0 Å². The summed E-state index contributed by atoms with van der Waals surface area (Å²) in [5, 5.41) is 3.02. The van der Waals surface area contributed by atoms with E-state index in [0.29, 0.717) is 6.04 Å². The zero-order valence-electron chi connectivity index (χ0n) is 11.4. The van der Waals surface area contributed by atoms with Gasteiger partial charge in [-0.05, 0) is 53.5 Å². The summed E-state index contributed by atoms with van der Waals surface area (Å²) in [7, 11) is 0. The SMILES string of the molecule is Cc1cc(C(=O)NC(C)(C)C)c(C)n1C1CC1. The number of hydrogen-bond acceptors (Lipinski definition) is 1. The number of nitrogens with zero attached hydrogens (tertiary/aromatic N) is 1. The second-order valence-corrected chi connectivity index (χ2v) is 6.09. The zero-order chi connectivity index (χ0) is 12.8. The van der Waals surface area contributed by atoms with Crippen LogP contribution in [-0.4, -0.2) is 16.0 Å². The molecular formula is C14H22N2O. The summed E-state index contributed by atoms with van der Waals surface area (Å²) in [5.74, 6) is 0.0394. The molecule has 0 atom stereocenters. The molecule has 17 heavy (non-hydrogen) atoms. The molecule has 1 saturated carbocycles. The maximum Gasteiger partial charge on any atom is 0.253 e. The van der Waals surface area contributed by atoms with E-state index in [9.17, 15) is 4.79 Å². The number of nitrogens with one attached hydrogen (secondary N) is 1. The van der Waals surface area contributed by atoms with E-state index in [0.717, 1.165) is 11.3 Å². The summed E-state index contributed by atoms with van der Waals surface area (Å²) in [4.78, 5) is 12.2. The van der Waals surface area contributed by atoms with Crippen molar-refractivity contribution >= 4 is 5.91 Å². The zero-order valence-corrected chi connectivity index (χ0v) is 11.4. The number of aromatic nitrogens is 1. The van der Waals surface area contributed by atoms with Crippen molar-refractivity contribution in [3.8, 4) is 0 Å². The van der Waals surface area contributed by atoms with Gasteiger partial charge in [0.25, 0.3) is 5.91 Å². The van der Waals surface area contributed by atoms with Gasteiger partial charge in [-0.15, -0.1) is 0 Å². The number of carbonyl (C=O) groups is 1. The third-order valence-corrected chi connectivity index (χ3v) is 3.13. The second-order valence-electron chi connectivity index (χ2n) is 6.09. The highest BCUT2D eigenvalue weighted by Crippen LogP contribution is 2.38. The summed E-state index contributed by atoms with van der Waals surface area (Å²) in [6.07, 6.45) is 2.49. The lowest BCUT2D eigenvalue weighted by molar-refractivity contribution is 0.0919. The normalized spacial score (nSPS) is 16.1. The Bertz CT molecular complexity index is 448. The fourth-order valence-corrected chi connectivity index (χ4v) is 2.31. The largest absolute Gasteiger partial charge is 0.347 e. The molecule has 1 heterocycles. The van der Waals surface area contributed by atoms with E-state index >= 15 is 0 Å². The minimum absolute atomic E-state index is 0.0394. The molecule has 1 N–H and O–H groups in total. The first-order valence-corrected chi connectivity index (χ1v) is 6.30. The number of rotatable bonds is 2.